The van der Waals surface area contributed by atoms with Crippen molar-refractivity contribution in [2.24, 2.45) is 11.7 Å². The second-order valence-corrected chi connectivity index (χ2v) is 5.05. The fourth-order valence-electron chi connectivity index (χ4n) is 2.34. The summed E-state index contributed by atoms with van der Waals surface area (Å²) in [4.78, 5) is 4.30. The van der Waals surface area contributed by atoms with Crippen molar-refractivity contribution < 1.29 is 0 Å². The second-order valence-electron chi connectivity index (χ2n) is 5.05. The maximum atomic E-state index is 5.90. The number of benzene rings is 1. The zero-order chi connectivity index (χ0) is 13.1. The highest BCUT2D eigenvalue weighted by molar-refractivity contribution is 5.63. The van der Waals surface area contributed by atoms with E-state index in [9.17, 15) is 0 Å². The lowest BCUT2D eigenvalue weighted by molar-refractivity contribution is 0.387. The van der Waals surface area contributed by atoms with Crippen LogP contribution in [0.1, 0.15) is 25.5 Å². The lowest BCUT2D eigenvalue weighted by Crippen LogP contribution is -2.24. The van der Waals surface area contributed by atoms with Crippen molar-refractivity contribution in [3.05, 3.63) is 42.4 Å². The summed E-state index contributed by atoms with van der Waals surface area (Å²) in [7, 11) is 0. The third-order valence-electron chi connectivity index (χ3n) is 3.46. The Balaban J connectivity index is 2.48. The molecule has 96 valence electrons. The summed E-state index contributed by atoms with van der Waals surface area (Å²) < 4.78 is 2.20. The molecule has 0 amide bonds. The summed E-state index contributed by atoms with van der Waals surface area (Å²) >= 11 is 0. The Morgan fingerprint density at radius 2 is 2.00 bits per heavy atom. The Morgan fingerprint density at radius 1 is 1.28 bits per heavy atom. The van der Waals surface area contributed by atoms with E-state index < -0.39 is 0 Å². The van der Waals surface area contributed by atoms with Gasteiger partial charge in [0.1, 0.15) is 0 Å². The van der Waals surface area contributed by atoms with E-state index in [1.165, 1.54) is 11.1 Å². The molecule has 3 heteroatoms. The number of aromatic nitrogens is 2. The summed E-state index contributed by atoms with van der Waals surface area (Å²) in [5, 5.41) is 0. The summed E-state index contributed by atoms with van der Waals surface area (Å²) in [6.07, 6.45) is 3.81. The number of imidazole rings is 1. The van der Waals surface area contributed by atoms with Crippen LogP contribution < -0.4 is 5.73 Å². The summed E-state index contributed by atoms with van der Waals surface area (Å²) in [6, 6.07) is 8.67. The molecule has 18 heavy (non-hydrogen) atoms. The Labute approximate surface area is 109 Å². The van der Waals surface area contributed by atoms with Crippen molar-refractivity contribution in [1.29, 1.82) is 0 Å². The first-order chi connectivity index (χ1) is 8.65. The molecule has 3 nitrogen and oxygen atoms in total. The molecular weight excluding hydrogens is 222 g/mol. The quantitative estimate of drug-likeness (QED) is 0.897. The van der Waals surface area contributed by atoms with Crippen molar-refractivity contribution in [2.75, 3.05) is 6.54 Å². The fraction of sp³-hybridized carbons (Fsp3) is 0.400. The molecule has 0 aliphatic heterocycles. The second kappa shape index (κ2) is 5.36. The molecule has 1 atom stereocenters. The van der Waals surface area contributed by atoms with Gasteiger partial charge in [-0.2, -0.15) is 0 Å². The third kappa shape index (κ3) is 2.31. The summed E-state index contributed by atoms with van der Waals surface area (Å²) in [5.41, 5.74) is 9.54. The number of rotatable bonds is 4. The summed E-state index contributed by atoms with van der Waals surface area (Å²) in [5.74, 6) is 0.493. The molecule has 1 unspecified atom stereocenters. The topological polar surface area (TPSA) is 43.8 Å². The predicted molar refractivity (Wildman–Crippen MR) is 75.3 cm³/mol. The van der Waals surface area contributed by atoms with Gasteiger partial charge in [0.25, 0.3) is 0 Å². The largest absolute Gasteiger partial charge is 0.328 e. The molecule has 0 saturated carbocycles. The van der Waals surface area contributed by atoms with Crippen LogP contribution in [0.3, 0.4) is 0 Å². The molecule has 0 saturated heterocycles. The number of aryl methyl sites for hydroxylation is 1. The predicted octanol–water partition coefficient (Wildman–Crippen LogP) is 3.01. The van der Waals surface area contributed by atoms with Gasteiger partial charge in [0, 0.05) is 18.2 Å². The monoisotopic (exact) mass is 243 g/mol. The van der Waals surface area contributed by atoms with Crippen LogP contribution in [0.15, 0.2) is 36.8 Å². The molecule has 0 aliphatic rings. The van der Waals surface area contributed by atoms with Crippen LogP contribution in [0.5, 0.6) is 0 Å². The van der Waals surface area contributed by atoms with E-state index in [1.807, 2.05) is 12.5 Å². The average Bonchev–Trinajstić information content (AvgIpc) is 2.79. The van der Waals surface area contributed by atoms with Crippen LogP contribution >= 0.6 is 0 Å². The molecule has 1 aromatic carbocycles. The van der Waals surface area contributed by atoms with Crippen molar-refractivity contribution in [2.45, 2.75) is 26.8 Å². The Kier molecular flexibility index (Phi) is 3.82. The maximum absolute atomic E-state index is 5.90. The van der Waals surface area contributed by atoms with E-state index >= 15 is 0 Å². The number of hydrogen-bond donors (Lipinski definition) is 1. The Hall–Kier alpha value is -1.61. The van der Waals surface area contributed by atoms with Crippen molar-refractivity contribution in [3.8, 4) is 11.3 Å². The van der Waals surface area contributed by atoms with Gasteiger partial charge in [0.15, 0.2) is 0 Å². The van der Waals surface area contributed by atoms with Crippen LogP contribution in [0.2, 0.25) is 0 Å². The first-order valence-electron chi connectivity index (χ1n) is 6.43. The highest BCUT2D eigenvalue weighted by Crippen LogP contribution is 2.27. The highest BCUT2D eigenvalue weighted by atomic mass is 15.1. The maximum Gasteiger partial charge on any atom is 0.0954 e. The minimum absolute atomic E-state index is 0.294. The van der Waals surface area contributed by atoms with Crippen molar-refractivity contribution in [1.82, 2.24) is 9.55 Å². The van der Waals surface area contributed by atoms with Crippen molar-refractivity contribution in [3.63, 3.8) is 0 Å². The zero-order valence-electron chi connectivity index (χ0n) is 11.3. The van der Waals surface area contributed by atoms with Crippen LogP contribution in [0, 0.1) is 12.8 Å². The molecule has 2 N–H and O–H groups in total. The Morgan fingerprint density at radius 3 is 2.61 bits per heavy atom. The van der Waals surface area contributed by atoms with Crippen molar-refractivity contribution >= 4 is 0 Å². The smallest absolute Gasteiger partial charge is 0.0954 e. The van der Waals surface area contributed by atoms with Crippen LogP contribution in [0.25, 0.3) is 11.3 Å². The molecule has 0 fully saturated rings. The van der Waals surface area contributed by atoms with E-state index in [0.717, 1.165) is 5.69 Å². The van der Waals surface area contributed by atoms with Gasteiger partial charge >= 0.3 is 0 Å². The van der Waals surface area contributed by atoms with E-state index in [1.54, 1.807) is 0 Å². The first-order valence-corrected chi connectivity index (χ1v) is 6.43. The zero-order valence-corrected chi connectivity index (χ0v) is 11.3. The van der Waals surface area contributed by atoms with Gasteiger partial charge in [-0.25, -0.2) is 4.98 Å². The number of nitrogens with zero attached hydrogens (tertiary/aromatic N) is 2. The molecular formula is C15H21N3. The normalized spacial score (nSPS) is 12.9. The number of hydrogen-bond acceptors (Lipinski definition) is 2. The highest BCUT2D eigenvalue weighted by Gasteiger charge is 2.17. The van der Waals surface area contributed by atoms with Gasteiger partial charge in [-0.1, -0.05) is 38.1 Å². The SMILES string of the molecule is Cc1ccccc1-c1cncn1C(CN)C(C)C. The lowest BCUT2D eigenvalue weighted by atomic mass is 10.0. The summed E-state index contributed by atoms with van der Waals surface area (Å²) in [6.45, 7) is 7.14. The van der Waals surface area contributed by atoms with Crippen LogP contribution in [0.4, 0.5) is 0 Å². The average molecular weight is 243 g/mol. The van der Waals surface area contributed by atoms with E-state index in [-0.39, 0.29) is 0 Å². The fourth-order valence-corrected chi connectivity index (χ4v) is 2.34. The molecule has 1 heterocycles. The molecule has 0 bridgehead atoms. The molecule has 0 spiro atoms. The minimum atomic E-state index is 0.294. The van der Waals surface area contributed by atoms with Crippen LogP contribution in [-0.4, -0.2) is 16.1 Å². The molecule has 0 aliphatic carbocycles. The van der Waals surface area contributed by atoms with Gasteiger partial charge in [0.05, 0.1) is 18.2 Å². The van der Waals surface area contributed by atoms with E-state index in [2.05, 4.69) is 54.6 Å². The van der Waals surface area contributed by atoms with Gasteiger partial charge in [-0.05, 0) is 18.4 Å². The Bertz CT molecular complexity index is 514. The molecule has 2 rings (SSSR count). The molecule has 0 radical (unpaired) electrons. The van der Waals surface area contributed by atoms with Gasteiger partial charge in [-0.3, -0.25) is 0 Å². The van der Waals surface area contributed by atoms with Gasteiger partial charge in [-0.15, -0.1) is 0 Å². The number of nitrogens with two attached hydrogens (primary N) is 1. The van der Waals surface area contributed by atoms with E-state index in [4.69, 9.17) is 5.73 Å². The van der Waals surface area contributed by atoms with Gasteiger partial charge < -0.3 is 10.3 Å². The van der Waals surface area contributed by atoms with E-state index in [0.29, 0.717) is 18.5 Å². The van der Waals surface area contributed by atoms with Gasteiger partial charge in [0.2, 0.25) is 0 Å². The molecule has 1 aromatic heterocycles. The molecule has 2 aromatic rings. The van der Waals surface area contributed by atoms with Crippen LogP contribution in [-0.2, 0) is 0 Å². The minimum Gasteiger partial charge on any atom is -0.328 e. The standard InChI is InChI=1S/C15H21N3/c1-11(2)14(8-16)18-10-17-9-15(18)13-7-5-4-6-12(13)3/h4-7,9-11,14H,8,16H2,1-3H3. The third-order valence-corrected chi connectivity index (χ3v) is 3.46. The first kappa shape index (κ1) is 12.8. The lowest BCUT2D eigenvalue weighted by Gasteiger charge is -2.23.